The van der Waals surface area contributed by atoms with Crippen molar-refractivity contribution in [3.05, 3.63) is 59.8 Å². The fraction of sp³-hybridized carbons (Fsp3) is 0.452. The minimum Gasteiger partial charge on any atom is -0.355 e. The van der Waals surface area contributed by atoms with Gasteiger partial charge in [0.05, 0.1) is 24.3 Å². The quantitative estimate of drug-likeness (QED) is 0.353. The summed E-state index contributed by atoms with van der Waals surface area (Å²) in [4.78, 5) is 46.4. The van der Waals surface area contributed by atoms with Crippen molar-refractivity contribution < 1.29 is 18.9 Å². The van der Waals surface area contributed by atoms with Crippen molar-refractivity contribution in [2.24, 2.45) is 13.0 Å². The Labute approximate surface area is 256 Å². The van der Waals surface area contributed by atoms with Crippen LogP contribution in [-0.2, 0) is 23.2 Å². The molecule has 13 nitrogen and oxygen atoms in total. The van der Waals surface area contributed by atoms with Crippen molar-refractivity contribution >= 4 is 17.7 Å². The SMILES string of the molecule is Cc1c(-c2cc(C(=O)N3CCCC(=O)N[C@H](CC(C)C)C(=O)N[C@H](C)c4nc(-c5ccccc5)nn4CC3)no2)cnn1C. The number of fused-ring (bicyclic) bond motifs is 1. The highest BCUT2D eigenvalue weighted by atomic mass is 16.5. The number of hydrogen-bond donors (Lipinski definition) is 2. The number of amides is 3. The van der Waals surface area contributed by atoms with Crippen LogP contribution in [0, 0.1) is 12.8 Å². The summed E-state index contributed by atoms with van der Waals surface area (Å²) in [7, 11) is 1.83. The topological polar surface area (TPSA) is 153 Å². The highest BCUT2D eigenvalue weighted by Crippen LogP contribution is 2.24. The minimum atomic E-state index is -0.694. The van der Waals surface area contributed by atoms with Crippen LogP contribution in [0.3, 0.4) is 0 Å². The molecular formula is C31H39N9O4. The van der Waals surface area contributed by atoms with Crippen molar-refractivity contribution in [1.82, 2.24) is 45.2 Å². The van der Waals surface area contributed by atoms with E-state index in [1.165, 1.54) is 0 Å². The third-order valence-corrected chi connectivity index (χ3v) is 7.77. The molecule has 2 atom stereocenters. The van der Waals surface area contributed by atoms with E-state index in [2.05, 4.69) is 20.9 Å². The third kappa shape index (κ3) is 6.87. The normalized spacial score (nSPS) is 18.5. The lowest BCUT2D eigenvalue weighted by molar-refractivity contribution is -0.129. The average Bonchev–Trinajstić information content (AvgIpc) is 3.73. The second kappa shape index (κ2) is 13.2. The average molecular weight is 602 g/mol. The number of nitrogens with one attached hydrogen (secondary N) is 2. The number of hydrogen-bond acceptors (Lipinski definition) is 8. The van der Waals surface area contributed by atoms with Gasteiger partial charge in [-0.1, -0.05) is 49.3 Å². The van der Waals surface area contributed by atoms with Crippen LogP contribution in [0.2, 0.25) is 0 Å². The molecule has 0 spiro atoms. The van der Waals surface area contributed by atoms with Gasteiger partial charge in [-0.15, -0.1) is 0 Å². The number of benzene rings is 1. The van der Waals surface area contributed by atoms with Crippen molar-refractivity contribution in [3.8, 4) is 22.7 Å². The van der Waals surface area contributed by atoms with Crippen LogP contribution in [-0.4, -0.2) is 71.5 Å². The van der Waals surface area contributed by atoms with Gasteiger partial charge >= 0.3 is 0 Å². The Morgan fingerprint density at radius 3 is 2.59 bits per heavy atom. The Balaban J connectivity index is 1.46. The lowest BCUT2D eigenvalue weighted by Crippen LogP contribution is -2.48. The summed E-state index contributed by atoms with van der Waals surface area (Å²) >= 11 is 0. The summed E-state index contributed by atoms with van der Waals surface area (Å²) in [6.45, 7) is 8.65. The van der Waals surface area contributed by atoms with Crippen LogP contribution in [0.5, 0.6) is 0 Å². The molecule has 3 aromatic heterocycles. The molecule has 0 radical (unpaired) electrons. The summed E-state index contributed by atoms with van der Waals surface area (Å²) in [5, 5.41) is 19.0. The number of aromatic nitrogens is 6. The lowest BCUT2D eigenvalue weighted by Gasteiger charge is -2.25. The fourth-order valence-electron chi connectivity index (χ4n) is 5.26. The van der Waals surface area contributed by atoms with Crippen LogP contribution in [0.15, 0.2) is 47.1 Å². The smallest absolute Gasteiger partial charge is 0.276 e. The van der Waals surface area contributed by atoms with Crippen molar-refractivity contribution in [2.75, 3.05) is 13.1 Å². The zero-order chi connectivity index (χ0) is 31.4. The molecule has 4 heterocycles. The van der Waals surface area contributed by atoms with Crippen LogP contribution < -0.4 is 10.6 Å². The summed E-state index contributed by atoms with van der Waals surface area (Å²) in [5.41, 5.74) is 2.64. The molecule has 5 rings (SSSR count). The molecule has 0 aliphatic carbocycles. The number of carbonyl (C=O) groups is 3. The van der Waals surface area contributed by atoms with Gasteiger partial charge < -0.3 is 20.1 Å². The number of aryl methyl sites for hydroxylation is 1. The molecule has 0 saturated heterocycles. The van der Waals surface area contributed by atoms with E-state index in [1.807, 2.05) is 65.1 Å². The molecule has 13 heteroatoms. The van der Waals surface area contributed by atoms with Crippen LogP contribution in [0.4, 0.5) is 0 Å². The van der Waals surface area contributed by atoms with Gasteiger partial charge in [-0.05, 0) is 32.6 Å². The van der Waals surface area contributed by atoms with Crippen molar-refractivity contribution in [2.45, 2.75) is 65.6 Å². The van der Waals surface area contributed by atoms with Crippen LogP contribution in [0.1, 0.15) is 68.1 Å². The first-order valence-electron chi connectivity index (χ1n) is 15.0. The fourth-order valence-corrected chi connectivity index (χ4v) is 5.26. The van der Waals surface area contributed by atoms with E-state index in [4.69, 9.17) is 14.6 Å². The van der Waals surface area contributed by atoms with E-state index in [1.54, 1.807) is 26.5 Å². The monoisotopic (exact) mass is 601 g/mol. The zero-order valence-corrected chi connectivity index (χ0v) is 25.8. The van der Waals surface area contributed by atoms with E-state index >= 15 is 0 Å². The molecule has 44 heavy (non-hydrogen) atoms. The van der Waals surface area contributed by atoms with E-state index in [9.17, 15) is 14.4 Å². The van der Waals surface area contributed by atoms with E-state index in [0.29, 0.717) is 43.3 Å². The Morgan fingerprint density at radius 1 is 1.11 bits per heavy atom. The minimum absolute atomic E-state index is 0.160. The third-order valence-electron chi connectivity index (χ3n) is 7.77. The van der Waals surface area contributed by atoms with Gasteiger partial charge in [-0.25, -0.2) is 9.67 Å². The Hall–Kier alpha value is -4.81. The van der Waals surface area contributed by atoms with Gasteiger partial charge in [0.25, 0.3) is 5.91 Å². The van der Waals surface area contributed by atoms with Gasteiger partial charge in [-0.2, -0.15) is 10.2 Å². The maximum absolute atomic E-state index is 13.8. The second-order valence-corrected chi connectivity index (χ2v) is 11.6. The van der Waals surface area contributed by atoms with Crippen LogP contribution in [0.25, 0.3) is 22.7 Å². The number of rotatable bonds is 5. The van der Waals surface area contributed by atoms with Gasteiger partial charge in [-0.3, -0.25) is 19.1 Å². The molecule has 0 bridgehead atoms. The predicted octanol–water partition coefficient (Wildman–Crippen LogP) is 3.29. The Kier molecular flexibility index (Phi) is 9.21. The molecule has 4 aromatic rings. The molecule has 0 fully saturated rings. The molecule has 1 aromatic carbocycles. The molecule has 232 valence electrons. The summed E-state index contributed by atoms with van der Waals surface area (Å²) in [5.74, 6) is 0.869. The van der Waals surface area contributed by atoms with Gasteiger partial charge in [0.2, 0.25) is 11.8 Å². The summed E-state index contributed by atoms with van der Waals surface area (Å²) < 4.78 is 9.00. The molecule has 1 aliphatic rings. The number of carbonyl (C=O) groups excluding carboxylic acids is 3. The van der Waals surface area contributed by atoms with Gasteiger partial charge in [0, 0.05) is 43.9 Å². The number of nitrogens with zero attached hydrogens (tertiary/aromatic N) is 7. The second-order valence-electron chi connectivity index (χ2n) is 11.6. The predicted molar refractivity (Wildman–Crippen MR) is 162 cm³/mol. The molecule has 0 unspecified atom stereocenters. The Morgan fingerprint density at radius 2 is 1.89 bits per heavy atom. The first kappa shape index (κ1) is 30.6. The molecular weight excluding hydrogens is 562 g/mol. The highest BCUT2D eigenvalue weighted by Gasteiger charge is 2.28. The zero-order valence-electron chi connectivity index (χ0n) is 25.8. The largest absolute Gasteiger partial charge is 0.355 e. The molecule has 1 aliphatic heterocycles. The molecule has 3 amide bonds. The van der Waals surface area contributed by atoms with Crippen molar-refractivity contribution in [3.63, 3.8) is 0 Å². The maximum atomic E-state index is 13.8. The maximum Gasteiger partial charge on any atom is 0.276 e. The van der Waals surface area contributed by atoms with E-state index in [0.717, 1.165) is 16.8 Å². The lowest BCUT2D eigenvalue weighted by atomic mass is 10.0. The Bertz CT molecular complexity index is 1620. The van der Waals surface area contributed by atoms with Gasteiger partial charge in [0.15, 0.2) is 17.3 Å². The molecule has 0 saturated carbocycles. The highest BCUT2D eigenvalue weighted by molar-refractivity contribution is 5.93. The summed E-state index contributed by atoms with van der Waals surface area (Å²) in [6, 6.07) is 10.0. The van der Waals surface area contributed by atoms with Crippen molar-refractivity contribution in [1.29, 1.82) is 0 Å². The van der Waals surface area contributed by atoms with E-state index in [-0.39, 0.29) is 42.3 Å². The standard InChI is InChI=1S/C31H39N9O4/c1-19(2)16-24-30(42)33-20(3)29-35-28(22-10-7-6-8-11-22)36-40(29)15-14-39(13-9-12-27(41)34-24)31(43)25-17-26(44-37-25)23-18-32-38(5)21(23)4/h6-8,10-11,17-20,24H,9,12-16H2,1-5H3,(H,33,42)(H,34,41)/t20-,24-/m1/s1. The molecule has 2 N–H and O–H groups in total. The first-order chi connectivity index (χ1) is 21.1. The van der Waals surface area contributed by atoms with Crippen LogP contribution >= 0.6 is 0 Å². The van der Waals surface area contributed by atoms with E-state index < -0.39 is 12.1 Å². The van der Waals surface area contributed by atoms with Gasteiger partial charge in [0.1, 0.15) is 11.9 Å². The summed E-state index contributed by atoms with van der Waals surface area (Å²) in [6.07, 6.45) is 2.72. The first-order valence-corrected chi connectivity index (χ1v) is 15.0.